The first-order chi connectivity index (χ1) is 9.13. The summed E-state index contributed by atoms with van der Waals surface area (Å²) in [5.74, 6) is 0.568. The van der Waals surface area contributed by atoms with Gasteiger partial charge in [-0.15, -0.1) is 0 Å². The fraction of sp³-hybridized carbons (Fsp3) is 0.571. The summed E-state index contributed by atoms with van der Waals surface area (Å²) in [4.78, 5) is 13.1. The lowest BCUT2D eigenvalue weighted by molar-refractivity contribution is -0.384. The topological polar surface area (TPSA) is 58.4 Å². The summed E-state index contributed by atoms with van der Waals surface area (Å²) in [6, 6.07) is 5.31. The minimum absolute atomic E-state index is 0.227. The molecule has 19 heavy (non-hydrogen) atoms. The maximum absolute atomic E-state index is 11.2. The Morgan fingerprint density at radius 1 is 1.53 bits per heavy atom. The van der Waals surface area contributed by atoms with E-state index in [1.165, 1.54) is 6.42 Å². The van der Waals surface area contributed by atoms with Gasteiger partial charge in [0.25, 0.3) is 5.69 Å². The van der Waals surface area contributed by atoms with Crippen LogP contribution in [-0.2, 0) is 0 Å². The number of hydrogen-bond donors (Lipinski definition) is 1. The van der Waals surface area contributed by atoms with Gasteiger partial charge in [0.1, 0.15) is 5.69 Å². The predicted octanol–water partition coefficient (Wildman–Crippen LogP) is 2.34. The van der Waals surface area contributed by atoms with Gasteiger partial charge in [-0.1, -0.05) is 12.1 Å². The third-order valence-corrected chi connectivity index (χ3v) is 3.74. The van der Waals surface area contributed by atoms with E-state index in [0.29, 0.717) is 5.92 Å². The lowest BCUT2D eigenvalue weighted by Gasteiger charge is -2.34. The molecule has 0 aromatic heterocycles. The van der Waals surface area contributed by atoms with Crippen molar-refractivity contribution in [2.24, 2.45) is 5.92 Å². The van der Waals surface area contributed by atoms with Crippen LogP contribution >= 0.6 is 0 Å². The molecule has 1 N–H and O–H groups in total. The van der Waals surface area contributed by atoms with Crippen LogP contribution in [-0.4, -0.2) is 31.6 Å². The molecule has 1 aliphatic rings. The molecule has 5 nitrogen and oxygen atoms in total. The molecule has 0 bridgehead atoms. The molecule has 0 amide bonds. The largest absolute Gasteiger partial charge is 0.365 e. The SMILES string of the molecule is CNCC1CCCN(c2c(C)cccc2[N+](=O)[O-])C1. The third-order valence-electron chi connectivity index (χ3n) is 3.74. The molecule has 1 aliphatic heterocycles. The molecular weight excluding hydrogens is 242 g/mol. The average Bonchev–Trinajstić information content (AvgIpc) is 2.39. The second kappa shape index (κ2) is 6.02. The van der Waals surface area contributed by atoms with E-state index in [2.05, 4.69) is 10.2 Å². The summed E-state index contributed by atoms with van der Waals surface area (Å²) >= 11 is 0. The van der Waals surface area contributed by atoms with Crippen LogP contribution in [0.15, 0.2) is 18.2 Å². The summed E-state index contributed by atoms with van der Waals surface area (Å²) < 4.78 is 0. The van der Waals surface area contributed by atoms with Crippen molar-refractivity contribution in [2.45, 2.75) is 19.8 Å². The third kappa shape index (κ3) is 3.04. The summed E-state index contributed by atoms with van der Waals surface area (Å²) in [6.45, 7) is 4.72. The molecule has 5 heteroatoms. The van der Waals surface area contributed by atoms with Crippen molar-refractivity contribution in [3.05, 3.63) is 33.9 Å². The van der Waals surface area contributed by atoms with E-state index >= 15 is 0 Å². The minimum atomic E-state index is -0.274. The van der Waals surface area contributed by atoms with E-state index in [1.54, 1.807) is 12.1 Å². The summed E-state index contributed by atoms with van der Waals surface area (Å²) in [5.41, 5.74) is 2.01. The Bertz CT molecular complexity index is 460. The van der Waals surface area contributed by atoms with Crippen LogP contribution < -0.4 is 10.2 Å². The Kier molecular flexibility index (Phi) is 4.37. The highest BCUT2D eigenvalue weighted by molar-refractivity contribution is 5.67. The van der Waals surface area contributed by atoms with Crippen LogP contribution in [0.25, 0.3) is 0 Å². The van der Waals surface area contributed by atoms with Crippen LogP contribution in [0.3, 0.4) is 0 Å². The fourth-order valence-corrected chi connectivity index (χ4v) is 2.93. The van der Waals surface area contributed by atoms with Crippen molar-refractivity contribution < 1.29 is 4.92 Å². The first-order valence-corrected chi connectivity index (χ1v) is 6.77. The van der Waals surface area contributed by atoms with Crippen molar-refractivity contribution >= 4 is 11.4 Å². The second-order valence-electron chi connectivity index (χ2n) is 5.21. The molecule has 1 aromatic carbocycles. The molecule has 0 spiro atoms. The average molecular weight is 263 g/mol. The Morgan fingerprint density at radius 2 is 2.32 bits per heavy atom. The van der Waals surface area contributed by atoms with Crippen molar-refractivity contribution in [1.82, 2.24) is 5.32 Å². The van der Waals surface area contributed by atoms with Gasteiger partial charge in [-0.2, -0.15) is 0 Å². The quantitative estimate of drug-likeness (QED) is 0.669. The summed E-state index contributed by atoms with van der Waals surface area (Å²) in [7, 11) is 1.95. The molecule has 1 atom stereocenters. The van der Waals surface area contributed by atoms with E-state index in [-0.39, 0.29) is 10.6 Å². The van der Waals surface area contributed by atoms with Crippen LogP contribution in [0, 0.1) is 23.0 Å². The highest BCUT2D eigenvalue weighted by Gasteiger charge is 2.26. The molecule has 1 saturated heterocycles. The molecule has 2 rings (SSSR count). The molecule has 0 radical (unpaired) electrons. The van der Waals surface area contributed by atoms with Crippen LogP contribution in [0.2, 0.25) is 0 Å². The minimum Gasteiger partial charge on any atom is -0.365 e. The lowest BCUT2D eigenvalue weighted by atomic mass is 9.96. The molecule has 1 aromatic rings. The Balaban J connectivity index is 2.28. The predicted molar refractivity (Wildman–Crippen MR) is 76.7 cm³/mol. The van der Waals surface area contributed by atoms with Crippen molar-refractivity contribution in [3.8, 4) is 0 Å². The number of hydrogen-bond acceptors (Lipinski definition) is 4. The molecule has 104 valence electrons. The number of nitrogens with zero attached hydrogens (tertiary/aromatic N) is 2. The van der Waals surface area contributed by atoms with Gasteiger partial charge >= 0.3 is 0 Å². The van der Waals surface area contributed by atoms with E-state index in [1.807, 2.05) is 20.0 Å². The van der Waals surface area contributed by atoms with E-state index < -0.39 is 0 Å². The lowest BCUT2D eigenvalue weighted by Crippen LogP contribution is -2.39. The van der Waals surface area contributed by atoms with Crippen LogP contribution in [0.4, 0.5) is 11.4 Å². The number of nitro groups is 1. The second-order valence-corrected chi connectivity index (χ2v) is 5.21. The normalized spacial score (nSPS) is 19.5. The molecule has 1 fully saturated rings. The van der Waals surface area contributed by atoms with Crippen molar-refractivity contribution in [1.29, 1.82) is 0 Å². The molecule has 1 heterocycles. The molecule has 0 saturated carbocycles. The number of benzene rings is 1. The van der Waals surface area contributed by atoms with Gasteiger partial charge < -0.3 is 10.2 Å². The number of para-hydroxylation sites is 1. The highest BCUT2D eigenvalue weighted by Crippen LogP contribution is 2.34. The van der Waals surface area contributed by atoms with Gasteiger partial charge in [0, 0.05) is 19.2 Å². The number of aryl methyl sites for hydroxylation is 1. The maximum Gasteiger partial charge on any atom is 0.292 e. The standard InChI is InChI=1S/C14H21N3O2/c1-11-5-3-7-13(17(18)19)14(11)16-8-4-6-12(10-16)9-15-2/h3,5,7,12,15H,4,6,8-10H2,1-2H3. The van der Waals surface area contributed by atoms with Gasteiger partial charge in [0.05, 0.1) is 4.92 Å². The number of rotatable bonds is 4. The summed E-state index contributed by atoms with van der Waals surface area (Å²) in [6.07, 6.45) is 2.29. The zero-order valence-corrected chi connectivity index (χ0v) is 11.6. The summed E-state index contributed by atoms with van der Waals surface area (Å²) in [5, 5.41) is 14.4. The fourth-order valence-electron chi connectivity index (χ4n) is 2.93. The van der Waals surface area contributed by atoms with E-state index in [9.17, 15) is 10.1 Å². The first kappa shape index (κ1) is 13.8. The molecule has 0 aliphatic carbocycles. The Morgan fingerprint density at radius 3 is 3.00 bits per heavy atom. The monoisotopic (exact) mass is 263 g/mol. The van der Waals surface area contributed by atoms with Gasteiger partial charge in [0.15, 0.2) is 0 Å². The van der Waals surface area contributed by atoms with Crippen LogP contribution in [0.5, 0.6) is 0 Å². The van der Waals surface area contributed by atoms with Crippen molar-refractivity contribution in [3.63, 3.8) is 0 Å². The first-order valence-electron chi connectivity index (χ1n) is 6.77. The smallest absolute Gasteiger partial charge is 0.292 e. The van der Waals surface area contributed by atoms with Gasteiger partial charge in [-0.3, -0.25) is 10.1 Å². The molecule has 1 unspecified atom stereocenters. The Labute approximate surface area is 113 Å². The zero-order valence-electron chi connectivity index (χ0n) is 11.6. The highest BCUT2D eigenvalue weighted by atomic mass is 16.6. The number of nitrogens with one attached hydrogen (secondary N) is 1. The van der Waals surface area contributed by atoms with Crippen molar-refractivity contribution in [2.75, 3.05) is 31.6 Å². The Hall–Kier alpha value is -1.62. The zero-order chi connectivity index (χ0) is 13.8. The van der Waals surface area contributed by atoms with Crippen LogP contribution in [0.1, 0.15) is 18.4 Å². The number of nitro benzene ring substituents is 1. The van der Waals surface area contributed by atoms with Gasteiger partial charge in [-0.05, 0) is 44.8 Å². The van der Waals surface area contributed by atoms with Gasteiger partial charge in [-0.25, -0.2) is 0 Å². The molecular formula is C14H21N3O2. The van der Waals surface area contributed by atoms with E-state index in [4.69, 9.17) is 0 Å². The van der Waals surface area contributed by atoms with Gasteiger partial charge in [0.2, 0.25) is 0 Å². The number of anilines is 1. The maximum atomic E-state index is 11.2. The van der Waals surface area contributed by atoms with E-state index in [0.717, 1.165) is 37.3 Å². The number of piperidine rings is 1.